The van der Waals surface area contributed by atoms with Gasteiger partial charge in [0.15, 0.2) is 6.61 Å². The van der Waals surface area contributed by atoms with E-state index in [9.17, 15) is 4.79 Å². The molecule has 1 amide bonds. The Bertz CT molecular complexity index is 792. The molecule has 0 aromatic heterocycles. The van der Waals surface area contributed by atoms with Gasteiger partial charge in [0.25, 0.3) is 5.91 Å². The average Bonchev–Trinajstić information content (AvgIpc) is 2.62. The first kappa shape index (κ1) is 18.8. The Morgan fingerprint density at radius 1 is 1.15 bits per heavy atom. The van der Waals surface area contributed by atoms with E-state index in [2.05, 4.69) is 10.2 Å². The van der Waals surface area contributed by atoms with Gasteiger partial charge in [0.2, 0.25) is 0 Å². The maximum absolute atomic E-state index is 12.4. The van der Waals surface area contributed by atoms with E-state index in [4.69, 9.17) is 32.7 Å². The molecule has 1 fully saturated rings. The maximum Gasteiger partial charge on any atom is 0.262 e. The number of aryl methyl sites for hydroxylation is 1. The van der Waals surface area contributed by atoms with Crippen molar-refractivity contribution in [2.45, 2.75) is 6.92 Å². The zero-order valence-electron chi connectivity index (χ0n) is 14.4. The number of amides is 1. The van der Waals surface area contributed by atoms with Crippen molar-refractivity contribution in [3.8, 4) is 5.75 Å². The van der Waals surface area contributed by atoms with Crippen LogP contribution in [0.15, 0.2) is 36.4 Å². The van der Waals surface area contributed by atoms with Gasteiger partial charge in [-0.1, -0.05) is 23.2 Å². The number of carbonyl (C=O) groups is 1. The first-order chi connectivity index (χ1) is 12.5. The Kier molecular flexibility index (Phi) is 6.25. The molecule has 0 saturated carbocycles. The second-order valence-electron chi connectivity index (χ2n) is 6.01. The van der Waals surface area contributed by atoms with Crippen LogP contribution in [0.4, 0.5) is 11.4 Å². The van der Waals surface area contributed by atoms with E-state index in [1.807, 2.05) is 19.1 Å². The summed E-state index contributed by atoms with van der Waals surface area (Å²) in [6.45, 7) is 4.64. The van der Waals surface area contributed by atoms with Gasteiger partial charge >= 0.3 is 0 Å². The molecular weight excluding hydrogens is 375 g/mol. The number of carbonyl (C=O) groups excluding carboxylic acids is 1. The molecule has 0 spiro atoms. The molecular formula is C19H20Cl2N2O3. The zero-order valence-corrected chi connectivity index (χ0v) is 15.9. The lowest BCUT2D eigenvalue weighted by atomic mass is 10.2. The topological polar surface area (TPSA) is 50.8 Å². The van der Waals surface area contributed by atoms with Gasteiger partial charge in [-0.25, -0.2) is 0 Å². The average molecular weight is 395 g/mol. The number of ether oxygens (including phenoxy) is 2. The Labute approximate surface area is 162 Å². The number of hydrogen-bond acceptors (Lipinski definition) is 4. The smallest absolute Gasteiger partial charge is 0.262 e. The molecule has 0 bridgehead atoms. The lowest BCUT2D eigenvalue weighted by molar-refractivity contribution is -0.118. The molecule has 1 aliphatic rings. The normalized spacial score (nSPS) is 14.2. The van der Waals surface area contributed by atoms with Crippen LogP contribution in [-0.2, 0) is 9.53 Å². The van der Waals surface area contributed by atoms with Gasteiger partial charge in [-0.3, -0.25) is 4.79 Å². The standard InChI is InChI=1S/C19H20Cl2N2O3/c1-13-10-14(20)3-5-18(13)26-12-19(24)22-16-11-15(21)2-4-17(16)23-6-8-25-9-7-23/h2-5,10-11H,6-9,12H2,1H3,(H,22,24). The highest BCUT2D eigenvalue weighted by molar-refractivity contribution is 6.31. The highest BCUT2D eigenvalue weighted by Crippen LogP contribution is 2.30. The molecule has 2 aromatic rings. The fourth-order valence-electron chi connectivity index (χ4n) is 2.79. The van der Waals surface area contributed by atoms with Crippen LogP contribution in [0, 0.1) is 6.92 Å². The minimum atomic E-state index is -0.254. The number of nitrogens with one attached hydrogen (secondary N) is 1. The summed E-state index contributed by atoms with van der Waals surface area (Å²) in [5.74, 6) is 0.375. The number of rotatable bonds is 5. The fourth-order valence-corrected chi connectivity index (χ4v) is 3.19. The monoisotopic (exact) mass is 394 g/mol. The third kappa shape index (κ3) is 4.81. The van der Waals surface area contributed by atoms with E-state index >= 15 is 0 Å². The first-order valence-corrected chi connectivity index (χ1v) is 9.09. The lowest BCUT2D eigenvalue weighted by Crippen LogP contribution is -2.37. The number of anilines is 2. The summed E-state index contributed by atoms with van der Waals surface area (Å²) in [6, 6.07) is 10.8. The lowest BCUT2D eigenvalue weighted by Gasteiger charge is -2.30. The fraction of sp³-hybridized carbons (Fsp3) is 0.316. The third-order valence-electron chi connectivity index (χ3n) is 4.08. The van der Waals surface area contributed by atoms with E-state index in [0.717, 1.165) is 24.3 Å². The van der Waals surface area contributed by atoms with Crippen LogP contribution < -0.4 is 15.0 Å². The number of morpholine rings is 1. The minimum absolute atomic E-state index is 0.0997. The van der Waals surface area contributed by atoms with Gasteiger partial charge in [0, 0.05) is 23.1 Å². The van der Waals surface area contributed by atoms with E-state index < -0.39 is 0 Å². The minimum Gasteiger partial charge on any atom is -0.483 e. The first-order valence-electron chi connectivity index (χ1n) is 8.34. The van der Waals surface area contributed by atoms with Crippen molar-refractivity contribution in [3.63, 3.8) is 0 Å². The molecule has 0 atom stereocenters. The van der Waals surface area contributed by atoms with Gasteiger partial charge < -0.3 is 19.7 Å². The van der Waals surface area contributed by atoms with Crippen molar-refractivity contribution in [1.29, 1.82) is 0 Å². The number of halogens is 2. The zero-order chi connectivity index (χ0) is 18.5. The highest BCUT2D eigenvalue weighted by Gasteiger charge is 2.17. The Morgan fingerprint density at radius 3 is 2.58 bits per heavy atom. The largest absolute Gasteiger partial charge is 0.483 e. The van der Waals surface area contributed by atoms with Crippen LogP contribution in [0.1, 0.15) is 5.56 Å². The molecule has 26 heavy (non-hydrogen) atoms. The van der Waals surface area contributed by atoms with Crippen molar-refractivity contribution in [2.75, 3.05) is 43.1 Å². The van der Waals surface area contributed by atoms with Crippen LogP contribution in [0.2, 0.25) is 10.0 Å². The molecule has 7 heteroatoms. The van der Waals surface area contributed by atoms with Crippen molar-refractivity contribution >= 4 is 40.5 Å². The summed E-state index contributed by atoms with van der Waals surface area (Å²) in [5, 5.41) is 4.09. The molecule has 2 aromatic carbocycles. The maximum atomic E-state index is 12.4. The third-order valence-corrected chi connectivity index (χ3v) is 4.55. The second-order valence-corrected chi connectivity index (χ2v) is 6.88. The van der Waals surface area contributed by atoms with Gasteiger partial charge in [-0.2, -0.15) is 0 Å². The molecule has 5 nitrogen and oxygen atoms in total. The summed E-state index contributed by atoms with van der Waals surface area (Å²) >= 11 is 12.0. The van der Waals surface area contributed by atoms with Crippen molar-refractivity contribution < 1.29 is 14.3 Å². The Morgan fingerprint density at radius 2 is 1.85 bits per heavy atom. The quantitative estimate of drug-likeness (QED) is 0.826. The molecule has 1 N–H and O–H groups in total. The predicted molar refractivity (Wildman–Crippen MR) is 105 cm³/mol. The molecule has 1 saturated heterocycles. The summed E-state index contributed by atoms with van der Waals surface area (Å²) in [5.41, 5.74) is 2.47. The van der Waals surface area contributed by atoms with E-state index in [-0.39, 0.29) is 12.5 Å². The number of hydrogen-bond donors (Lipinski definition) is 1. The summed E-state index contributed by atoms with van der Waals surface area (Å²) in [7, 11) is 0. The summed E-state index contributed by atoms with van der Waals surface area (Å²) in [4.78, 5) is 14.5. The molecule has 3 rings (SSSR count). The molecule has 0 unspecified atom stereocenters. The van der Waals surface area contributed by atoms with Crippen LogP contribution in [0.25, 0.3) is 0 Å². The molecule has 0 aliphatic carbocycles. The molecule has 1 aliphatic heterocycles. The Balaban J connectivity index is 1.67. The van der Waals surface area contributed by atoms with Crippen LogP contribution in [0.3, 0.4) is 0 Å². The predicted octanol–water partition coefficient (Wildman–Crippen LogP) is 4.16. The van der Waals surface area contributed by atoms with E-state index in [1.165, 1.54) is 0 Å². The van der Waals surface area contributed by atoms with E-state index in [1.54, 1.807) is 24.3 Å². The van der Waals surface area contributed by atoms with Crippen LogP contribution >= 0.6 is 23.2 Å². The van der Waals surface area contributed by atoms with Gasteiger partial charge in [-0.15, -0.1) is 0 Å². The van der Waals surface area contributed by atoms with E-state index in [0.29, 0.717) is 34.7 Å². The van der Waals surface area contributed by atoms with Crippen LogP contribution in [0.5, 0.6) is 5.75 Å². The van der Waals surface area contributed by atoms with Crippen molar-refractivity contribution in [2.24, 2.45) is 0 Å². The molecule has 138 valence electrons. The van der Waals surface area contributed by atoms with Gasteiger partial charge in [0.05, 0.1) is 24.6 Å². The second kappa shape index (κ2) is 8.62. The van der Waals surface area contributed by atoms with Gasteiger partial charge in [0.1, 0.15) is 5.75 Å². The van der Waals surface area contributed by atoms with Gasteiger partial charge in [-0.05, 0) is 48.9 Å². The number of nitrogens with zero attached hydrogens (tertiary/aromatic N) is 1. The highest BCUT2D eigenvalue weighted by atomic mass is 35.5. The van der Waals surface area contributed by atoms with Crippen LogP contribution in [-0.4, -0.2) is 38.8 Å². The van der Waals surface area contributed by atoms with Crippen molar-refractivity contribution in [3.05, 3.63) is 52.0 Å². The SMILES string of the molecule is Cc1cc(Cl)ccc1OCC(=O)Nc1cc(Cl)ccc1N1CCOCC1. The van der Waals surface area contributed by atoms with Crippen molar-refractivity contribution in [1.82, 2.24) is 0 Å². The molecule has 0 radical (unpaired) electrons. The molecule has 1 heterocycles. The Hall–Kier alpha value is -1.95. The summed E-state index contributed by atoms with van der Waals surface area (Å²) in [6.07, 6.45) is 0. The number of benzene rings is 2. The summed E-state index contributed by atoms with van der Waals surface area (Å²) < 4.78 is 11.0.